The molecule has 4 nitrogen and oxygen atoms in total. The molecule has 5 heteroatoms. The Bertz CT molecular complexity index is 576. The van der Waals surface area contributed by atoms with Crippen LogP contribution in [0.25, 0.3) is 11.5 Å². The highest BCUT2D eigenvalue weighted by Crippen LogP contribution is 2.31. The Morgan fingerprint density at radius 1 is 1.37 bits per heavy atom. The van der Waals surface area contributed by atoms with Crippen molar-refractivity contribution >= 4 is 15.9 Å². The molecule has 1 N–H and O–H groups in total. The van der Waals surface area contributed by atoms with Crippen LogP contribution in [0, 0.1) is 6.92 Å². The summed E-state index contributed by atoms with van der Waals surface area (Å²) < 4.78 is 6.42. The highest BCUT2D eigenvalue weighted by Gasteiger charge is 2.21. The molecule has 2 heterocycles. The van der Waals surface area contributed by atoms with E-state index in [4.69, 9.17) is 4.52 Å². The van der Waals surface area contributed by atoms with E-state index in [1.54, 1.807) is 0 Å². The fraction of sp³-hybridized carbons (Fsp3) is 0.429. The Labute approximate surface area is 120 Å². The number of nitrogens with zero attached hydrogens (tertiary/aromatic N) is 2. The predicted molar refractivity (Wildman–Crippen MR) is 76.8 cm³/mol. The summed E-state index contributed by atoms with van der Waals surface area (Å²) in [6.07, 6.45) is 3.52. The number of aromatic nitrogens is 2. The van der Waals surface area contributed by atoms with Gasteiger partial charge in [0.1, 0.15) is 0 Å². The molecule has 0 radical (unpaired) electrons. The van der Waals surface area contributed by atoms with Gasteiger partial charge in [0, 0.05) is 4.47 Å². The van der Waals surface area contributed by atoms with Crippen molar-refractivity contribution in [3.05, 3.63) is 34.1 Å². The van der Waals surface area contributed by atoms with Gasteiger partial charge in [-0.3, -0.25) is 0 Å². The predicted octanol–water partition coefficient (Wildman–Crippen LogP) is 3.62. The number of aryl methyl sites for hydroxylation is 1. The van der Waals surface area contributed by atoms with Crippen molar-refractivity contribution in [3.63, 3.8) is 0 Å². The van der Waals surface area contributed by atoms with Crippen LogP contribution in [0.1, 0.15) is 36.7 Å². The molecule has 1 aromatic carbocycles. The first-order valence-electron chi connectivity index (χ1n) is 6.58. The van der Waals surface area contributed by atoms with Crippen LogP contribution in [-0.2, 0) is 0 Å². The molecule has 0 spiro atoms. The summed E-state index contributed by atoms with van der Waals surface area (Å²) in [7, 11) is 0. The van der Waals surface area contributed by atoms with Crippen molar-refractivity contribution in [2.45, 2.75) is 32.2 Å². The second-order valence-electron chi connectivity index (χ2n) is 4.90. The number of hydrogen-bond acceptors (Lipinski definition) is 4. The SMILES string of the molecule is Cc1cccc(-c2nc(C3CCCCN3)no2)c1Br. The normalized spacial score (nSPS) is 19.6. The van der Waals surface area contributed by atoms with Gasteiger partial charge in [-0.25, -0.2) is 0 Å². The summed E-state index contributed by atoms with van der Waals surface area (Å²) in [6.45, 7) is 3.08. The number of benzene rings is 1. The highest BCUT2D eigenvalue weighted by molar-refractivity contribution is 9.10. The van der Waals surface area contributed by atoms with Crippen LogP contribution >= 0.6 is 15.9 Å². The molecule has 0 saturated carbocycles. The number of rotatable bonds is 2. The maximum absolute atomic E-state index is 5.41. The van der Waals surface area contributed by atoms with E-state index in [1.165, 1.54) is 12.8 Å². The van der Waals surface area contributed by atoms with Crippen LogP contribution in [-0.4, -0.2) is 16.7 Å². The third kappa shape index (κ3) is 2.58. The summed E-state index contributed by atoms with van der Waals surface area (Å²) in [5.41, 5.74) is 2.11. The Morgan fingerprint density at radius 2 is 2.26 bits per heavy atom. The van der Waals surface area contributed by atoms with Crippen molar-refractivity contribution < 1.29 is 4.52 Å². The molecule has 1 fully saturated rings. The van der Waals surface area contributed by atoms with Crippen LogP contribution < -0.4 is 5.32 Å². The van der Waals surface area contributed by atoms with Gasteiger partial charge in [-0.15, -0.1) is 0 Å². The van der Waals surface area contributed by atoms with Crippen LogP contribution in [0.3, 0.4) is 0 Å². The number of nitrogens with one attached hydrogen (secondary N) is 1. The summed E-state index contributed by atoms with van der Waals surface area (Å²) in [5.74, 6) is 1.35. The van der Waals surface area contributed by atoms with Crippen molar-refractivity contribution in [2.75, 3.05) is 6.54 Å². The molecule has 3 rings (SSSR count). The number of piperidine rings is 1. The van der Waals surface area contributed by atoms with Crippen LogP contribution in [0.2, 0.25) is 0 Å². The highest BCUT2D eigenvalue weighted by atomic mass is 79.9. The molecule has 1 saturated heterocycles. The maximum Gasteiger partial charge on any atom is 0.259 e. The van der Waals surface area contributed by atoms with Gasteiger partial charge in [0.05, 0.1) is 11.6 Å². The smallest absolute Gasteiger partial charge is 0.259 e. The Balaban J connectivity index is 1.90. The topological polar surface area (TPSA) is 51.0 Å². The minimum atomic E-state index is 0.231. The summed E-state index contributed by atoms with van der Waals surface area (Å²) in [5, 5.41) is 7.55. The summed E-state index contributed by atoms with van der Waals surface area (Å²) in [4.78, 5) is 4.54. The Hall–Kier alpha value is -1.20. The van der Waals surface area contributed by atoms with E-state index in [0.717, 1.165) is 34.4 Å². The lowest BCUT2D eigenvalue weighted by Crippen LogP contribution is -2.27. The molecule has 100 valence electrons. The molecule has 1 aromatic heterocycles. The zero-order valence-corrected chi connectivity index (χ0v) is 12.4. The molecular weight excluding hydrogens is 306 g/mol. The molecule has 0 aliphatic carbocycles. The Morgan fingerprint density at radius 3 is 3.05 bits per heavy atom. The van der Waals surface area contributed by atoms with E-state index in [1.807, 2.05) is 25.1 Å². The second kappa shape index (κ2) is 5.43. The van der Waals surface area contributed by atoms with E-state index in [2.05, 4.69) is 31.4 Å². The van der Waals surface area contributed by atoms with Crippen molar-refractivity contribution in [2.24, 2.45) is 0 Å². The van der Waals surface area contributed by atoms with Crippen LogP contribution in [0.4, 0.5) is 0 Å². The van der Waals surface area contributed by atoms with Crippen LogP contribution in [0.5, 0.6) is 0 Å². The van der Waals surface area contributed by atoms with Crippen molar-refractivity contribution in [1.82, 2.24) is 15.5 Å². The molecule has 0 bridgehead atoms. The molecule has 19 heavy (non-hydrogen) atoms. The minimum Gasteiger partial charge on any atom is -0.334 e. The first-order valence-corrected chi connectivity index (χ1v) is 7.37. The number of hydrogen-bond donors (Lipinski definition) is 1. The van der Waals surface area contributed by atoms with E-state index in [0.29, 0.717) is 5.89 Å². The monoisotopic (exact) mass is 321 g/mol. The lowest BCUT2D eigenvalue weighted by atomic mass is 10.0. The molecule has 2 aromatic rings. The van der Waals surface area contributed by atoms with Gasteiger partial charge in [-0.05, 0) is 53.9 Å². The van der Waals surface area contributed by atoms with Crippen LogP contribution in [0.15, 0.2) is 27.2 Å². The van der Waals surface area contributed by atoms with E-state index < -0.39 is 0 Å². The van der Waals surface area contributed by atoms with E-state index in [-0.39, 0.29) is 6.04 Å². The average Bonchev–Trinajstić information content (AvgIpc) is 2.92. The van der Waals surface area contributed by atoms with Gasteiger partial charge < -0.3 is 9.84 Å². The second-order valence-corrected chi connectivity index (χ2v) is 5.69. The standard InChI is InChI=1S/C14H16BrN3O/c1-9-5-4-6-10(12(9)15)14-17-13(18-19-14)11-7-2-3-8-16-11/h4-6,11,16H,2-3,7-8H2,1H3. The molecule has 0 amide bonds. The van der Waals surface area contributed by atoms with Crippen molar-refractivity contribution in [3.8, 4) is 11.5 Å². The zero-order chi connectivity index (χ0) is 13.2. The Kier molecular flexibility index (Phi) is 3.66. The third-order valence-electron chi connectivity index (χ3n) is 3.49. The third-order valence-corrected chi connectivity index (χ3v) is 4.54. The fourth-order valence-corrected chi connectivity index (χ4v) is 2.80. The van der Waals surface area contributed by atoms with Gasteiger partial charge in [-0.2, -0.15) is 4.98 Å². The zero-order valence-electron chi connectivity index (χ0n) is 10.8. The van der Waals surface area contributed by atoms with Gasteiger partial charge in [0.15, 0.2) is 5.82 Å². The molecule has 1 aliphatic rings. The fourth-order valence-electron chi connectivity index (χ4n) is 2.37. The average molecular weight is 322 g/mol. The maximum atomic E-state index is 5.41. The van der Waals surface area contributed by atoms with Crippen molar-refractivity contribution in [1.29, 1.82) is 0 Å². The van der Waals surface area contributed by atoms with Gasteiger partial charge in [0.2, 0.25) is 0 Å². The van der Waals surface area contributed by atoms with E-state index >= 15 is 0 Å². The van der Waals surface area contributed by atoms with Gasteiger partial charge in [-0.1, -0.05) is 23.7 Å². The van der Waals surface area contributed by atoms with E-state index in [9.17, 15) is 0 Å². The quantitative estimate of drug-likeness (QED) is 0.917. The molecule has 1 atom stereocenters. The van der Waals surface area contributed by atoms with Gasteiger partial charge >= 0.3 is 0 Å². The summed E-state index contributed by atoms with van der Waals surface area (Å²) in [6, 6.07) is 6.27. The van der Waals surface area contributed by atoms with Gasteiger partial charge in [0.25, 0.3) is 5.89 Å². The lowest BCUT2D eigenvalue weighted by molar-refractivity contribution is 0.367. The molecule has 1 unspecified atom stereocenters. The first-order chi connectivity index (χ1) is 9.25. The lowest BCUT2D eigenvalue weighted by Gasteiger charge is -2.19. The summed E-state index contributed by atoms with van der Waals surface area (Å²) >= 11 is 3.58. The molecular formula is C14H16BrN3O. The minimum absolute atomic E-state index is 0.231. The molecule has 1 aliphatic heterocycles. The first kappa shape index (κ1) is 12.8. The largest absolute Gasteiger partial charge is 0.334 e. The number of halogens is 1.